The SMILES string of the molecule is C=NN(C)C(C)(C)/C=C\NCO. The summed E-state index contributed by atoms with van der Waals surface area (Å²) in [5, 5.41) is 16.6. The van der Waals surface area contributed by atoms with Crippen molar-refractivity contribution >= 4 is 6.72 Å². The summed E-state index contributed by atoms with van der Waals surface area (Å²) in [5.41, 5.74) is -0.191. The molecule has 0 saturated heterocycles. The molecule has 0 saturated carbocycles. The summed E-state index contributed by atoms with van der Waals surface area (Å²) in [5.74, 6) is 0. The Morgan fingerprint density at radius 2 is 2.25 bits per heavy atom. The maximum absolute atomic E-state index is 8.45. The quantitative estimate of drug-likeness (QED) is 0.357. The molecule has 4 heteroatoms. The molecule has 0 radical (unpaired) electrons. The van der Waals surface area contributed by atoms with Crippen LogP contribution in [0.5, 0.6) is 0 Å². The van der Waals surface area contributed by atoms with Crippen LogP contribution in [-0.4, -0.2) is 36.2 Å². The third-order valence-electron chi connectivity index (χ3n) is 1.75. The van der Waals surface area contributed by atoms with Crippen LogP contribution >= 0.6 is 0 Å². The van der Waals surface area contributed by atoms with Gasteiger partial charge in [-0.2, -0.15) is 5.10 Å². The van der Waals surface area contributed by atoms with Gasteiger partial charge in [0.25, 0.3) is 0 Å². The van der Waals surface area contributed by atoms with E-state index in [1.54, 1.807) is 11.2 Å². The van der Waals surface area contributed by atoms with Crippen molar-refractivity contribution in [2.45, 2.75) is 19.4 Å². The lowest BCUT2D eigenvalue weighted by Gasteiger charge is -2.29. The first-order valence-electron chi connectivity index (χ1n) is 3.77. The van der Waals surface area contributed by atoms with Crippen molar-refractivity contribution in [3.8, 4) is 0 Å². The molecular formula is C8H17N3O. The predicted molar refractivity (Wildman–Crippen MR) is 50.8 cm³/mol. The number of aliphatic hydroxyl groups excluding tert-OH is 1. The van der Waals surface area contributed by atoms with Gasteiger partial charge in [-0.05, 0) is 26.1 Å². The number of likely N-dealkylation sites (N-methyl/N-ethyl adjacent to an activating group) is 1. The Morgan fingerprint density at radius 1 is 1.67 bits per heavy atom. The Labute approximate surface area is 73.6 Å². The van der Waals surface area contributed by atoms with Gasteiger partial charge in [0.2, 0.25) is 0 Å². The molecule has 0 heterocycles. The van der Waals surface area contributed by atoms with E-state index in [0.29, 0.717) is 0 Å². The molecule has 0 aromatic carbocycles. The minimum absolute atomic E-state index is 0.0577. The van der Waals surface area contributed by atoms with Crippen molar-refractivity contribution in [2.75, 3.05) is 13.8 Å². The molecule has 0 aliphatic heterocycles. The van der Waals surface area contributed by atoms with E-state index in [2.05, 4.69) is 17.1 Å². The van der Waals surface area contributed by atoms with E-state index in [0.717, 1.165) is 0 Å². The first-order valence-corrected chi connectivity index (χ1v) is 3.77. The van der Waals surface area contributed by atoms with E-state index in [-0.39, 0.29) is 12.3 Å². The van der Waals surface area contributed by atoms with Gasteiger partial charge in [-0.25, -0.2) is 0 Å². The number of aliphatic hydroxyl groups is 1. The van der Waals surface area contributed by atoms with Gasteiger partial charge < -0.3 is 10.4 Å². The van der Waals surface area contributed by atoms with Crippen molar-refractivity contribution in [1.82, 2.24) is 10.3 Å². The van der Waals surface area contributed by atoms with Gasteiger partial charge in [0.15, 0.2) is 0 Å². The number of hydrogen-bond donors (Lipinski definition) is 2. The van der Waals surface area contributed by atoms with Crippen LogP contribution in [0.15, 0.2) is 17.4 Å². The molecule has 0 fully saturated rings. The highest BCUT2D eigenvalue weighted by Crippen LogP contribution is 2.12. The van der Waals surface area contributed by atoms with Gasteiger partial charge in [0.05, 0.1) is 5.54 Å². The summed E-state index contributed by atoms with van der Waals surface area (Å²) in [6, 6.07) is 0. The fraction of sp³-hybridized carbons (Fsp3) is 0.625. The van der Waals surface area contributed by atoms with Crippen LogP contribution in [0.2, 0.25) is 0 Å². The van der Waals surface area contributed by atoms with Gasteiger partial charge in [0.1, 0.15) is 6.73 Å². The molecule has 0 spiro atoms. The predicted octanol–water partition coefficient (Wildman–Crippen LogP) is 0.365. The molecule has 0 aliphatic rings. The Balaban J connectivity index is 4.10. The van der Waals surface area contributed by atoms with Gasteiger partial charge >= 0.3 is 0 Å². The van der Waals surface area contributed by atoms with Crippen LogP contribution in [0.3, 0.4) is 0 Å². The normalized spacial score (nSPS) is 11.7. The largest absolute Gasteiger partial charge is 0.377 e. The van der Waals surface area contributed by atoms with Crippen LogP contribution in [-0.2, 0) is 0 Å². The van der Waals surface area contributed by atoms with E-state index in [1.165, 1.54) is 0 Å². The van der Waals surface area contributed by atoms with Crippen molar-refractivity contribution in [3.05, 3.63) is 12.3 Å². The van der Waals surface area contributed by atoms with Crippen LogP contribution in [0.1, 0.15) is 13.8 Å². The highest BCUT2D eigenvalue weighted by atomic mass is 16.3. The zero-order chi connectivity index (χ0) is 9.61. The molecule has 0 amide bonds. The fourth-order valence-corrected chi connectivity index (χ4v) is 0.606. The smallest absolute Gasteiger partial charge is 0.112 e. The summed E-state index contributed by atoms with van der Waals surface area (Å²) in [4.78, 5) is 0. The summed E-state index contributed by atoms with van der Waals surface area (Å²) >= 11 is 0. The molecule has 0 aliphatic carbocycles. The maximum atomic E-state index is 8.45. The highest BCUT2D eigenvalue weighted by molar-refractivity contribution is 5.23. The lowest BCUT2D eigenvalue weighted by Crippen LogP contribution is -2.35. The average molecular weight is 171 g/mol. The zero-order valence-electron chi connectivity index (χ0n) is 7.91. The Bertz CT molecular complexity index is 166. The second kappa shape index (κ2) is 4.77. The van der Waals surface area contributed by atoms with Gasteiger partial charge in [-0.3, -0.25) is 5.01 Å². The summed E-state index contributed by atoms with van der Waals surface area (Å²) in [6.45, 7) is 7.36. The molecule has 0 aromatic rings. The summed E-state index contributed by atoms with van der Waals surface area (Å²) < 4.78 is 0. The molecule has 0 rings (SSSR count). The van der Waals surface area contributed by atoms with Crippen LogP contribution in [0.4, 0.5) is 0 Å². The number of hydrazone groups is 1. The lowest BCUT2D eigenvalue weighted by molar-refractivity contribution is 0.214. The Hall–Kier alpha value is -1.03. The molecular weight excluding hydrogens is 154 g/mol. The second-order valence-corrected chi connectivity index (χ2v) is 3.01. The average Bonchev–Trinajstić information content (AvgIpc) is 2.03. The van der Waals surface area contributed by atoms with E-state index >= 15 is 0 Å². The number of rotatable bonds is 5. The first-order chi connectivity index (χ1) is 5.54. The third kappa shape index (κ3) is 3.39. The molecule has 0 bridgehead atoms. The lowest BCUT2D eigenvalue weighted by atomic mass is 10.1. The number of hydrogen-bond acceptors (Lipinski definition) is 4. The zero-order valence-corrected chi connectivity index (χ0v) is 7.91. The van der Waals surface area contributed by atoms with Crippen molar-refractivity contribution in [1.29, 1.82) is 0 Å². The van der Waals surface area contributed by atoms with Crippen molar-refractivity contribution in [3.63, 3.8) is 0 Å². The summed E-state index contributed by atoms with van der Waals surface area (Å²) in [6.07, 6.45) is 3.60. The first kappa shape index (κ1) is 11.0. The molecule has 4 nitrogen and oxygen atoms in total. The summed E-state index contributed by atoms with van der Waals surface area (Å²) in [7, 11) is 1.84. The van der Waals surface area contributed by atoms with E-state index in [1.807, 2.05) is 27.0 Å². The Kier molecular flexibility index (Phi) is 4.36. The Morgan fingerprint density at radius 3 is 2.67 bits per heavy atom. The number of nitrogens with zero attached hydrogens (tertiary/aromatic N) is 2. The highest BCUT2D eigenvalue weighted by Gasteiger charge is 2.17. The standard InChI is InChI=1S/C8H17N3O/c1-8(2,11(4)9-3)5-6-10-7-12/h5-6,10,12H,3,7H2,1-2,4H3/b6-5-. The van der Waals surface area contributed by atoms with E-state index in [9.17, 15) is 0 Å². The molecule has 0 atom stereocenters. The molecule has 70 valence electrons. The van der Waals surface area contributed by atoms with Crippen molar-refractivity contribution < 1.29 is 5.11 Å². The number of nitrogens with one attached hydrogen (secondary N) is 1. The molecule has 0 aromatic heterocycles. The fourth-order valence-electron chi connectivity index (χ4n) is 0.606. The monoisotopic (exact) mass is 171 g/mol. The van der Waals surface area contributed by atoms with Crippen molar-refractivity contribution in [2.24, 2.45) is 5.10 Å². The van der Waals surface area contributed by atoms with Gasteiger partial charge in [-0.15, -0.1) is 0 Å². The van der Waals surface area contributed by atoms with Crippen LogP contribution in [0, 0.1) is 0 Å². The van der Waals surface area contributed by atoms with E-state index < -0.39 is 0 Å². The van der Waals surface area contributed by atoms with Gasteiger partial charge in [-0.1, -0.05) is 0 Å². The minimum Gasteiger partial charge on any atom is -0.377 e. The topological polar surface area (TPSA) is 47.9 Å². The van der Waals surface area contributed by atoms with Crippen LogP contribution < -0.4 is 5.32 Å². The van der Waals surface area contributed by atoms with Crippen LogP contribution in [0.25, 0.3) is 0 Å². The molecule has 0 unspecified atom stereocenters. The molecule has 2 N–H and O–H groups in total. The van der Waals surface area contributed by atoms with Gasteiger partial charge in [0, 0.05) is 13.8 Å². The van der Waals surface area contributed by atoms with E-state index in [4.69, 9.17) is 5.11 Å². The minimum atomic E-state index is -0.191. The second-order valence-electron chi connectivity index (χ2n) is 3.01. The maximum Gasteiger partial charge on any atom is 0.112 e. The molecule has 12 heavy (non-hydrogen) atoms. The third-order valence-corrected chi connectivity index (χ3v) is 1.75.